The third-order valence-electron chi connectivity index (χ3n) is 3.08. The van der Waals surface area contributed by atoms with Crippen LogP contribution in [0.3, 0.4) is 0 Å². The van der Waals surface area contributed by atoms with E-state index in [-0.39, 0.29) is 18.3 Å². The van der Waals surface area contributed by atoms with Crippen LogP contribution >= 0.6 is 0 Å². The van der Waals surface area contributed by atoms with Gasteiger partial charge in [0, 0.05) is 13.0 Å². The fourth-order valence-corrected chi connectivity index (χ4v) is 2.03. The van der Waals surface area contributed by atoms with Crippen LogP contribution in [-0.4, -0.2) is 24.0 Å². The number of amides is 1. The van der Waals surface area contributed by atoms with Crippen molar-refractivity contribution in [1.29, 1.82) is 0 Å². The summed E-state index contributed by atoms with van der Waals surface area (Å²) in [5.41, 5.74) is -0.459. The molecule has 4 heteroatoms. The van der Waals surface area contributed by atoms with Crippen molar-refractivity contribution in [2.24, 2.45) is 0 Å². The zero-order chi connectivity index (χ0) is 16.1. The first kappa shape index (κ1) is 19.9. The summed E-state index contributed by atoms with van der Waals surface area (Å²) in [4.78, 5) is 23.0. The fraction of sp³-hybridized carbons (Fsp3) is 0.882. The zero-order valence-electron chi connectivity index (χ0n) is 14.3. The minimum atomic E-state index is -0.459. The highest BCUT2D eigenvalue weighted by Gasteiger charge is 2.15. The summed E-state index contributed by atoms with van der Waals surface area (Å²) < 4.78 is 5.17. The molecule has 1 amide bonds. The van der Waals surface area contributed by atoms with E-state index in [1.54, 1.807) is 0 Å². The normalized spacial score (nSPS) is 11.2. The topological polar surface area (TPSA) is 55.4 Å². The van der Waals surface area contributed by atoms with Gasteiger partial charge >= 0.3 is 5.97 Å². The average Bonchev–Trinajstić information content (AvgIpc) is 2.35. The quantitative estimate of drug-likeness (QED) is 0.464. The third kappa shape index (κ3) is 15.2. The van der Waals surface area contributed by atoms with Gasteiger partial charge in [0.25, 0.3) is 0 Å². The van der Waals surface area contributed by atoms with Crippen LogP contribution in [0.5, 0.6) is 0 Å². The number of hydrogen-bond donors (Lipinski definition) is 1. The van der Waals surface area contributed by atoms with E-state index in [0.29, 0.717) is 13.0 Å². The molecule has 0 aliphatic heterocycles. The van der Waals surface area contributed by atoms with Crippen LogP contribution < -0.4 is 5.32 Å². The number of hydrogen-bond acceptors (Lipinski definition) is 3. The lowest BCUT2D eigenvalue weighted by molar-refractivity contribution is -0.154. The van der Waals surface area contributed by atoms with Gasteiger partial charge in [0.15, 0.2) is 0 Å². The smallest absolute Gasteiger partial charge is 0.308 e. The Kier molecular flexibility index (Phi) is 11.0. The largest absolute Gasteiger partial charge is 0.460 e. The van der Waals surface area contributed by atoms with Gasteiger partial charge in [-0.2, -0.15) is 0 Å². The first-order valence-electron chi connectivity index (χ1n) is 8.33. The Labute approximate surface area is 130 Å². The standard InChI is InChI=1S/C17H33NO3/c1-5-6-7-8-9-10-11-12-15(19)18-14-13-16(20)21-17(2,3)4/h5-14H2,1-4H3,(H,18,19). The van der Waals surface area contributed by atoms with Gasteiger partial charge in [0.1, 0.15) is 5.60 Å². The van der Waals surface area contributed by atoms with E-state index >= 15 is 0 Å². The average molecular weight is 299 g/mol. The maximum absolute atomic E-state index is 11.6. The van der Waals surface area contributed by atoms with Crippen molar-refractivity contribution in [1.82, 2.24) is 5.32 Å². The molecule has 124 valence electrons. The van der Waals surface area contributed by atoms with Crippen molar-refractivity contribution in [3.05, 3.63) is 0 Å². The fourth-order valence-electron chi connectivity index (χ4n) is 2.03. The lowest BCUT2D eigenvalue weighted by atomic mass is 10.1. The van der Waals surface area contributed by atoms with Crippen LogP contribution in [0, 0.1) is 0 Å². The second kappa shape index (κ2) is 11.6. The first-order chi connectivity index (χ1) is 9.85. The number of ether oxygens (including phenoxy) is 1. The minimum absolute atomic E-state index is 0.0344. The molecule has 0 fully saturated rings. The molecule has 0 aromatic carbocycles. The Morgan fingerprint density at radius 2 is 1.48 bits per heavy atom. The van der Waals surface area contributed by atoms with E-state index in [0.717, 1.165) is 12.8 Å². The number of carbonyl (C=O) groups is 2. The Morgan fingerprint density at radius 1 is 0.905 bits per heavy atom. The monoisotopic (exact) mass is 299 g/mol. The van der Waals surface area contributed by atoms with Gasteiger partial charge in [0.05, 0.1) is 6.42 Å². The number of nitrogens with one attached hydrogen (secondary N) is 1. The molecule has 0 aliphatic rings. The lowest BCUT2D eigenvalue weighted by Crippen LogP contribution is -2.29. The Morgan fingerprint density at radius 3 is 2.05 bits per heavy atom. The van der Waals surface area contributed by atoms with Crippen molar-refractivity contribution < 1.29 is 14.3 Å². The summed E-state index contributed by atoms with van der Waals surface area (Å²) in [6.07, 6.45) is 9.21. The Balaban J connectivity index is 3.44. The van der Waals surface area contributed by atoms with Gasteiger partial charge < -0.3 is 10.1 Å². The molecule has 0 aliphatic carbocycles. The molecule has 1 N–H and O–H groups in total. The molecule has 0 rings (SSSR count). The molecule has 0 saturated heterocycles. The Bertz CT molecular complexity index is 295. The molecule has 0 bridgehead atoms. The van der Waals surface area contributed by atoms with Crippen LogP contribution in [0.15, 0.2) is 0 Å². The molecule has 0 aromatic heterocycles. The maximum atomic E-state index is 11.6. The molecule has 0 radical (unpaired) electrons. The van der Waals surface area contributed by atoms with Crippen molar-refractivity contribution in [3.63, 3.8) is 0 Å². The van der Waals surface area contributed by atoms with Gasteiger partial charge in [-0.25, -0.2) is 0 Å². The highest BCUT2D eigenvalue weighted by Crippen LogP contribution is 2.09. The lowest BCUT2D eigenvalue weighted by Gasteiger charge is -2.19. The molecule has 0 atom stereocenters. The zero-order valence-corrected chi connectivity index (χ0v) is 14.3. The Hall–Kier alpha value is -1.06. The first-order valence-corrected chi connectivity index (χ1v) is 8.33. The van der Waals surface area contributed by atoms with E-state index in [1.807, 2.05) is 20.8 Å². The van der Waals surface area contributed by atoms with Crippen LogP contribution in [-0.2, 0) is 14.3 Å². The van der Waals surface area contributed by atoms with E-state index in [9.17, 15) is 9.59 Å². The number of unbranched alkanes of at least 4 members (excludes halogenated alkanes) is 6. The van der Waals surface area contributed by atoms with Crippen molar-refractivity contribution in [2.45, 2.75) is 91.1 Å². The molecular formula is C17H33NO3. The SMILES string of the molecule is CCCCCCCCCC(=O)NCCC(=O)OC(C)(C)C. The third-order valence-corrected chi connectivity index (χ3v) is 3.08. The van der Waals surface area contributed by atoms with Crippen LogP contribution in [0.25, 0.3) is 0 Å². The summed E-state index contributed by atoms with van der Waals surface area (Å²) in [5.74, 6) is -0.231. The summed E-state index contributed by atoms with van der Waals surface area (Å²) >= 11 is 0. The molecule has 0 unspecified atom stereocenters. The van der Waals surface area contributed by atoms with Crippen LogP contribution in [0.1, 0.15) is 85.5 Å². The molecule has 0 saturated carbocycles. The number of esters is 1. The van der Waals surface area contributed by atoms with Gasteiger partial charge in [-0.05, 0) is 27.2 Å². The predicted molar refractivity (Wildman–Crippen MR) is 86.1 cm³/mol. The van der Waals surface area contributed by atoms with Crippen molar-refractivity contribution in [3.8, 4) is 0 Å². The maximum Gasteiger partial charge on any atom is 0.308 e. The van der Waals surface area contributed by atoms with E-state index in [2.05, 4.69) is 12.2 Å². The molecule has 21 heavy (non-hydrogen) atoms. The van der Waals surface area contributed by atoms with Gasteiger partial charge in [-0.15, -0.1) is 0 Å². The summed E-state index contributed by atoms with van der Waals surface area (Å²) in [6.45, 7) is 8.09. The number of carbonyl (C=O) groups excluding carboxylic acids is 2. The minimum Gasteiger partial charge on any atom is -0.460 e. The van der Waals surface area contributed by atoms with E-state index in [4.69, 9.17) is 4.74 Å². The van der Waals surface area contributed by atoms with Gasteiger partial charge in [0.2, 0.25) is 5.91 Å². The molecule has 0 heterocycles. The van der Waals surface area contributed by atoms with Crippen molar-refractivity contribution >= 4 is 11.9 Å². The number of rotatable bonds is 11. The second-order valence-electron chi connectivity index (χ2n) is 6.56. The van der Waals surface area contributed by atoms with Gasteiger partial charge in [-0.3, -0.25) is 9.59 Å². The van der Waals surface area contributed by atoms with E-state index in [1.165, 1.54) is 32.1 Å². The molecule has 0 spiro atoms. The van der Waals surface area contributed by atoms with E-state index < -0.39 is 5.60 Å². The molecule has 0 aromatic rings. The van der Waals surface area contributed by atoms with Crippen molar-refractivity contribution in [2.75, 3.05) is 6.54 Å². The molecule has 4 nitrogen and oxygen atoms in total. The highest BCUT2D eigenvalue weighted by atomic mass is 16.6. The van der Waals surface area contributed by atoms with Crippen LogP contribution in [0.2, 0.25) is 0 Å². The summed E-state index contributed by atoms with van der Waals surface area (Å²) in [7, 11) is 0. The van der Waals surface area contributed by atoms with Gasteiger partial charge in [-0.1, -0.05) is 45.4 Å². The summed E-state index contributed by atoms with van der Waals surface area (Å²) in [6, 6.07) is 0. The molecular weight excluding hydrogens is 266 g/mol. The highest BCUT2D eigenvalue weighted by molar-refractivity contribution is 5.77. The second-order valence-corrected chi connectivity index (χ2v) is 6.56. The summed E-state index contributed by atoms with van der Waals surface area (Å²) in [5, 5.41) is 2.77. The predicted octanol–water partition coefficient (Wildman–Crippen LogP) is 3.98. The van der Waals surface area contributed by atoms with Crippen LogP contribution in [0.4, 0.5) is 0 Å².